The Bertz CT molecular complexity index is 1230. The zero-order valence-electron chi connectivity index (χ0n) is 16.3. The maximum atomic E-state index is 12.8. The van der Waals surface area contributed by atoms with Crippen molar-refractivity contribution in [3.63, 3.8) is 0 Å². The van der Waals surface area contributed by atoms with Gasteiger partial charge >= 0.3 is 0 Å². The van der Waals surface area contributed by atoms with Crippen LogP contribution in [0, 0.1) is 0 Å². The molecule has 2 amide bonds. The van der Waals surface area contributed by atoms with Gasteiger partial charge in [-0.1, -0.05) is 41.4 Å². The van der Waals surface area contributed by atoms with Crippen molar-refractivity contribution >= 4 is 58.6 Å². The van der Waals surface area contributed by atoms with Crippen LogP contribution in [0.15, 0.2) is 64.7 Å². The number of rotatable bonds is 6. The van der Waals surface area contributed by atoms with Gasteiger partial charge in [0.25, 0.3) is 11.8 Å². The second kappa shape index (κ2) is 9.86. The molecule has 1 aliphatic rings. The molecule has 0 radical (unpaired) electrons. The molecule has 1 aliphatic heterocycles. The van der Waals surface area contributed by atoms with Gasteiger partial charge in [0.15, 0.2) is 11.5 Å². The second-order valence-corrected chi connectivity index (χ2v) is 8.23. The van der Waals surface area contributed by atoms with E-state index in [0.717, 1.165) is 4.88 Å². The summed E-state index contributed by atoms with van der Waals surface area (Å²) in [5.74, 6) is -0.0598. The Morgan fingerprint density at radius 2 is 1.81 bits per heavy atom. The lowest BCUT2D eigenvalue weighted by Gasteiger charge is -2.09. The van der Waals surface area contributed by atoms with Crippen LogP contribution in [0.1, 0.15) is 20.8 Å². The summed E-state index contributed by atoms with van der Waals surface area (Å²) >= 11 is 13.7. The quantitative estimate of drug-likeness (QED) is 0.299. The number of hydrogen-bond acceptors (Lipinski definition) is 6. The molecule has 10 heteroatoms. The van der Waals surface area contributed by atoms with Crippen LogP contribution in [0.4, 0.5) is 0 Å². The van der Waals surface area contributed by atoms with Crippen LogP contribution in [-0.4, -0.2) is 24.8 Å². The number of hydrazone groups is 1. The van der Waals surface area contributed by atoms with Crippen molar-refractivity contribution in [2.75, 3.05) is 6.79 Å². The van der Waals surface area contributed by atoms with Gasteiger partial charge in [0.05, 0.1) is 21.8 Å². The van der Waals surface area contributed by atoms with Gasteiger partial charge in [-0.3, -0.25) is 9.59 Å². The molecule has 3 aromatic rings. The van der Waals surface area contributed by atoms with Gasteiger partial charge in [-0.2, -0.15) is 5.10 Å². The Hall–Kier alpha value is -3.33. The van der Waals surface area contributed by atoms with Crippen LogP contribution in [-0.2, 0) is 4.79 Å². The molecule has 0 saturated carbocycles. The van der Waals surface area contributed by atoms with E-state index in [0.29, 0.717) is 22.1 Å². The zero-order chi connectivity index (χ0) is 22.5. The molecule has 4 rings (SSSR count). The topological polar surface area (TPSA) is 89.0 Å². The third kappa shape index (κ3) is 5.11. The highest BCUT2D eigenvalue weighted by molar-refractivity contribution is 7.10. The number of benzene rings is 2. The SMILES string of the molecule is O=C(N/N=C/c1cc2c(cc1Cl)OCO2)/C(=C\c1cccs1)NC(=O)c1ccccc1Cl. The number of halogens is 2. The molecule has 32 heavy (non-hydrogen) atoms. The maximum Gasteiger partial charge on any atom is 0.287 e. The summed E-state index contributed by atoms with van der Waals surface area (Å²) in [6, 6.07) is 13.5. The largest absolute Gasteiger partial charge is 0.454 e. The zero-order valence-corrected chi connectivity index (χ0v) is 18.6. The molecule has 0 fully saturated rings. The molecule has 0 bridgehead atoms. The predicted octanol–water partition coefficient (Wildman–Crippen LogP) is 4.70. The molecule has 7 nitrogen and oxygen atoms in total. The standard InChI is InChI=1S/C22H15Cl2N3O4S/c23-16-6-2-1-5-15(16)21(28)26-18(9-14-4-3-7-32-14)22(29)27-25-11-13-8-19-20(10-17(13)24)31-12-30-19/h1-11H,12H2,(H,26,28)(H,27,29)/b18-9+,25-11+. The molecule has 2 aromatic carbocycles. The summed E-state index contributed by atoms with van der Waals surface area (Å²) < 4.78 is 10.6. The number of nitrogens with one attached hydrogen (secondary N) is 2. The van der Waals surface area contributed by atoms with E-state index in [9.17, 15) is 9.59 Å². The Kier molecular flexibility index (Phi) is 6.75. The number of ether oxygens (including phenoxy) is 2. The molecule has 1 aromatic heterocycles. The van der Waals surface area contributed by atoms with Gasteiger partial charge in [-0.05, 0) is 35.7 Å². The van der Waals surface area contributed by atoms with Gasteiger partial charge in [0.2, 0.25) is 6.79 Å². The van der Waals surface area contributed by atoms with Crippen molar-refractivity contribution in [2.45, 2.75) is 0 Å². The molecule has 0 saturated heterocycles. The summed E-state index contributed by atoms with van der Waals surface area (Å²) in [4.78, 5) is 26.2. The van der Waals surface area contributed by atoms with Crippen molar-refractivity contribution in [3.05, 3.63) is 85.7 Å². The fourth-order valence-corrected chi connectivity index (χ4v) is 3.84. The minimum Gasteiger partial charge on any atom is -0.454 e. The summed E-state index contributed by atoms with van der Waals surface area (Å²) in [5.41, 5.74) is 3.18. The maximum absolute atomic E-state index is 12.8. The van der Waals surface area contributed by atoms with Crippen molar-refractivity contribution in [1.82, 2.24) is 10.7 Å². The lowest BCUT2D eigenvalue weighted by Crippen LogP contribution is -2.33. The summed E-state index contributed by atoms with van der Waals surface area (Å²) in [6.07, 6.45) is 2.93. The Morgan fingerprint density at radius 1 is 1.03 bits per heavy atom. The van der Waals surface area contributed by atoms with Crippen LogP contribution in [0.2, 0.25) is 10.0 Å². The minimum atomic E-state index is -0.619. The van der Waals surface area contributed by atoms with Gasteiger partial charge in [0.1, 0.15) is 5.70 Å². The Balaban J connectivity index is 1.51. The summed E-state index contributed by atoms with van der Waals surface area (Å²) in [6.45, 7) is 0.116. The molecule has 0 unspecified atom stereocenters. The van der Waals surface area contributed by atoms with Crippen LogP contribution >= 0.6 is 34.5 Å². The number of carbonyl (C=O) groups excluding carboxylic acids is 2. The third-order valence-electron chi connectivity index (χ3n) is 4.30. The number of nitrogens with zero attached hydrogens (tertiary/aromatic N) is 1. The van der Waals surface area contributed by atoms with Crippen molar-refractivity contribution in [2.24, 2.45) is 5.10 Å². The van der Waals surface area contributed by atoms with Gasteiger partial charge in [-0.15, -0.1) is 11.3 Å². The average molecular weight is 488 g/mol. The highest BCUT2D eigenvalue weighted by atomic mass is 35.5. The molecular formula is C22H15Cl2N3O4S. The number of hydrogen-bond donors (Lipinski definition) is 2. The van der Waals surface area contributed by atoms with E-state index >= 15 is 0 Å². The normalized spacial score (nSPS) is 12.8. The molecular weight excluding hydrogens is 473 g/mol. The molecule has 162 valence electrons. The molecule has 0 atom stereocenters. The van der Waals surface area contributed by atoms with E-state index in [1.54, 1.807) is 42.5 Å². The molecule has 0 aliphatic carbocycles. The number of fused-ring (bicyclic) bond motifs is 1. The van der Waals surface area contributed by atoms with Crippen molar-refractivity contribution in [1.29, 1.82) is 0 Å². The highest BCUT2D eigenvalue weighted by Crippen LogP contribution is 2.36. The smallest absolute Gasteiger partial charge is 0.287 e. The number of amides is 2. The van der Waals surface area contributed by atoms with Crippen LogP contribution in [0.3, 0.4) is 0 Å². The van der Waals surface area contributed by atoms with E-state index in [1.165, 1.54) is 17.6 Å². The summed E-state index contributed by atoms with van der Waals surface area (Å²) in [7, 11) is 0. The van der Waals surface area contributed by atoms with Gasteiger partial charge in [0, 0.05) is 16.5 Å². The molecule has 2 N–H and O–H groups in total. The van der Waals surface area contributed by atoms with E-state index < -0.39 is 11.8 Å². The van der Waals surface area contributed by atoms with E-state index in [2.05, 4.69) is 15.8 Å². The van der Waals surface area contributed by atoms with Crippen LogP contribution < -0.4 is 20.2 Å². The second-order valence-electron chi connectivity index (χ2n) is 6.43. The first-order valence-electron chi connectivity index (χ1n) is 9.25. The Labute approximate surface area is 197 Å². The molecule has 2 heterocycles. The predicted molar refractivity (Wildman–Crippen MR) is 125 cm³/mol. The van der Waals surface area contributed by atoms with E-state index in [-0.39, 0.29) is 23.1 Å². The van der Waals surface area contributed by atoms with Crippen LogP contribution in [0.5, 0.6) is 11.5 Å². The van der Waals surface area contributed by atoms with E-state index in [4.69, 9.17) is 32.7 Å². The fraction of sp³-hybridized carbons (Fsp3) is 0.0455. The average Bonchev–Trinajstić information content (AvgIpc) is 3.45. The third-order valence-corrected chi connectivity index (χ3v) is 5.78. The minimum absolute atomic E-state index is 0.00584. The lowest BCUT2D eigenvalue weighted by molar-refractivity contribution is -0.117. The summed E-state index contributed by atoms with van der Waals surface area (Å²) in [5, 5.41) is 9.07. The molecule has 0 spiro atoms. The Morgan fingerprint density at radius 3 is 2.56 bits per heavy atom. The number of thiophene rings is 1. The first-order valence-corrected chi connectivity index (χ1v) is 10.9. The first-order chi connectivity index (χ1) is 15.5. The highest BCUT2D eigenvalue weighted by Gasteiger charge is 2.18. The van der Waals surface area contributed by atoms with Crippen molar-refractivity contribution < 1.29 is 19.1 Å². The van der Waals surface area contributed by atoms with Crippen molar-refractivity contribution in [3.8, 4) is 11.5 Å². The van der Waals surface area contributed by atoms with E-state index in [1.807, 2.05) is 17.5 Å². The lowest BCUT2D eigenvalue weighted by atomic mass is 10.2. The number of carbonyl (C=O) groups is 2. The van der Waals surface area contributed by atoms with Gasteiger partial charge in [-0.25, -0.2) is 5.43 Å². The fourth-order valence-electron chi connectivity index (χ4n) is 2.76. The van der Waals surface area contributed by atoms with Crippen LogP contribution in [0.25, 0.3) is 6.08 Å². The monoisotopic (exact) mass is 487 g/mol. The first kappa shape index (κ1) is 21.9. The van der Waals surface area contributed by atoms with Gasteiger partial charge < -0.3 is 14.8 Å².